The van der Waals surface area contributed by atoms with E-state index in [9.17, 15) is 24.6 Å². The maximum absolute atomic E-state index is 13.1. The van der Waals surface area contributed by atoms with Crippen molar-refractivity contribution >= 4 is 17.5 Å². The minimum atomic E-state index is -0.799. The number of carbonyl (C=O) groups is 3. The molecule has 3 atom stereocenters. The van der Waals surface area contributed by atoms with Crippen molar-refractivity contribution < 1.29 is 29.3 Å². The number of aliphatic hydroxyl groups excluding tert-OH is 1. The highest BCUT2D eigenvalue weighted by molar-refractivity contribution is 6.00. The molecule has 0 saturated heterocycles. The van der Waals surface area contributed by atoms with Gasteiger partial charge in [-0.1, -0.05) is 25.0 Å². The SMILES string of the molecule is CC(=O)C[C@@H]1C(=O)C(CO)=CC[C@](C)(CCCC(C)(C)O)[C@H]1/C=C/OC(=O)C=C(C)C. The number of carbonyl (C=O) groups excluding carboxylic acids is 3. The molecule has 1 rings (SSSR count). The fourth-order valence-corrected chi connectivity index (χ4v) is 4.17. The van der Waals surface area contributed by atoms with Gasteiger partial charge in [-0.25, -0.2) is 4.79 Å². The first kappa shape index (κ1) is 27.0. The van der Waals surface area contributed by atoms with Gasteiger partial charge < -0.3 is 19.7 Å². The number of ketones is 2. The maximum atomic E-state index is 13.1. The van der Waals surface area contributed by atoms with Crippen LogP contribution >= 0.6 is 0 Å². The van der Waals surface area contributed by atoms with Gasteiger partial charge in [0, 0.05) is 24.0 Å². The number of ether oxygens (including phenoxy) is 1. The summed E-state index contributed by atoms with van der Waals surface area (Å²) in [6, 6.07) is 0. The monoisotopic (exact) mass is 434 g/mol. The Morgan fingerprint density at radius 2 is 1.94 bits per heavy atom. The number of hydrogen-bond acceptors (Lipinski definition) is 6. The third-order valence-corrected chi connectivity index (χ3v) is 5.80. The highest BCUT2D eigenvalue weighted by atomic mass is 16.5. The average Bonchev–Trinajstić information content (AvgIpc) is 2.70. The largest absolute Gasteiger partial charge is 0.432 e. The summed E-state index contributed by atoms with van der Waals surface area (Å²) in [5.41, 5.74) is -0.0900. The summed E-state index contributed by atoms with van der Waals surface area (Å²) in [4.78, 5) is 37.0. The molecule has 0 saturated carbocycles. The molecule has 0 radical (unpaired) electrons. The van der Waals surface area contributed by atoms with E-state index in [2.05, 4.69) is 0 Å². The molecule has 0 spiro atoms. The van der Waals surface area contributed by atoms with Gasteiger partial charge in [-0.15, -0.1) is 0 Å². The first-order valence-electron chi connectivity index (χ1n) is 10.9. The molecule has 0 amide bonds. The second kappa shape index (κ2) is 11.5. The Bertz CT molecular complexity index is 748. The summed E-state index contributed by atoms with van der Waals surface area (Å²) >= 11 is 0. The fourth-order valence-electron chi connectivity index (χ4n) is 4.17. The minimum Gasteiger partial charge on any atom is -0.432 e. The van der Waals surface area contributed by atoms with E-state index in [0.717, 1.165) is 12.0 Å². The number of Topliss-reactive ketones (excluding diaryl/α,β-unsaturated/α-hetero) is 2. The van der Waals surface area contributed by atoms with Crippen LogP contribution in [0.15, 0.2) is 35.6 Å². The second-order valence-corrected chi connectivity index (χ2v) is 9.80. The van der Waals surface area contributed by atoms with Gasteiger partial charge in [-0.2, -0.15) is 0 Å². The average molecular weight is 435 g/mol. The highest BCUT2D eigenvalue weighted by Crippen LogP contribution is 2.46. The maximum Gasteiger partial charge on any atom is 0.335 e. The summed E-state index contributed by atoms with van der Waals surface area (Å²) in [7, 11) is 0. The molecule has 0 aromatic heterocycles. The lowest BCUT2D eigenvalue weighted by molar-refractivity contribution is -0.132. The van der Waals surface area contributed by atoms with E-state index >= 15 is 0 Å². The number of esters is 1. The topological polar surface area (TPSA) is 101 Å². The summed E-state index contributed by atoms with van der Waals surface area (Å²) in [5, 5.41) is 19.8. The molecule has 1 aliphatic rings. The molecule has 174 valence electrons. The molecule has 1 aliphatic carbocycles. The predicted molar refractivity (Wildman–Crippen MR) is 120 cm³/mol. The molecule has 0 aromatic carbocycles. The summed E-state index contributed by atoms with van der Waals surface area (Å²) < 4.78 is 5.19. The molecule has 31 heavy (non-hydrogen) atoms. The van der Waals surface area contributed by atoms with Gasteiger partial charge in [0.15, 0.2) is 5.78 Å². The number of hydrogen-bond donors (Lipinski definition) is 2. The van der Waals surface area contributed by atoms with Crippen molar-refractivity contribution in [2.75, 3.05) is 6.61 Å². The van der Waals surface area contributed by atoms with Crippen molar-refractivity contribution in [3.05, 3.63) is 35.6 Å². The molecule has 0 aliphatic heterocycles. The van der Waals surface area contributed by atoms with Gasteiger partial charge in [0.2, 0.25) is 0 Å². The van der Waals surface area contributed by atoms with Crippen molar-refractivity contribution in [1.29, 1.82) is 0 Å². The van der Waals surface area contributed by atoms with Crippen LogP contribution in [0.3, 0.4) is 0 Å². The van der Waals surface area contributed by atoms with Gasteiger partial charge >= 0.3 is 5.97 Å². The Balaban J connectivity index is 3.30. The molecule has 0 heterocycles. The van der Waals surface area contributed by atoms with Crippen molar-refractivity contribution in [1.82, 2.24) is 0 Å². The number of allylic oxidation sites excluding steroid dienone is 3. The van der Waals surface area contributed by atoms with Crippen LogP contribution < -0.4 is 0 Å². The minimum absolute atomic E-state index is 0.0498. The van der Waals surface area contributed by atoms with Gasteiger partial charge in [0.25, 0.3) is 0 Å². The van der Waals surface area contributed by atoms with Gasteiger partial charge in [-0.05, 0) is 71.3 Å². The third-order valence-electron chi connectivity index (χ3n) is 5.80. The third kappa shape index (κ3) is 8.91. The van der Waals surface area contributed by atoms with Crippen molar-refractivity contribution in [3.8, 4) is 0 Å². The first-order valence-corrected chi connectivity index (χ1v) is 10.9. The molecule has 0 aromatic rings. The molecule has 6 heteroatoms. The summed E-state index contributed by atoms with van der Waals surface area (Å²) in [5.74, 6) is -1.88. The molecule has 2 N–H and O–H groups in total. The molecular weight excluding hydrogens is 396 g/mol. The van der Waals surface area contributed by atoms with Gasteiger partial charge in [0.05, 0.1) is 18.5 Å². The Hall–Kier alpha value is -2.05. The Morgan fingerprint density at radius 3 is 2.45 bits per heavy atom. The normalized spacial score (nSPS) is 24.5. The van der Waals surface area contributed by atoms with E-state index < -0.39 is 22.9 Å². The standard InChI is InChI=1S/C25H38O6/c1-17(2)14-22(28)31-13-9-21-20(15-18(3)27)23(29)19(16-26)8-12-25(21,6)11-7-10-24(4,5)30/h8-9,13-14,20-21,26,30H,7,10-12,15-16H2,1-6H3/b13-9+/t20-,21-,25-/m0/s1. The van der Waals surface area contributed by atoms with E-state index in [4.69, 9.17) is 4.74 Å². The van der Waals surface area contributed by atoms with Crippen LogP contribution in [0.2, 0.25) is 0 Å². The quantitative estimate of drug-likeness (QED) is 0.305. The molecule has 0 fully saturated rings. The number of aliphatic hydroxyl groups is 2. The Labute approximate surface area is 186 Å². The second-order valence-electron chi connectivity index (χ2n) is 9.80. The van der Waals surface area contributed by atoms with E-state index in [1.165, 1.54) is 19.3 Å². The van der Waals surface area contributed by atoms with Gasteiger partial charge in [0.1, 0.15) is 5.78 Å². The van der Waals surface area contributed by atoms with E-state index in [-0.39, 0.29) is 30.5 Å². The predicted octanol–water partition coefficient (Wildman–Crippen LogP) is 4.06. The van der Waals surface area contributed by atoms with Crippen LogP contribution in [-0.4, -0.2) is 40.0 Å². The Kier molecular flexibility index (Phi) is 10.0. The van der Waals surface area contributed by atoms with Crippen LogP contribution in [-0.2, 0) is 19.1 Å². The number of rotatable bonds is 10. The lowest BCUT2D eigenvalue weighted by atomic mass is 9.65. The summed E-state index contributed by atoms with van der Waals surface area (Å²) in [6.07, 6.45) is 8.77. The smallest absolute Gasteiger partial charge is 0.335 e. The zero-order valence-electron chi connectivity index (χ0n) is 19.7. The van der Waals surface area contributed by atoms with Crippen molar-refractivity contribution in [2.24, 2.45) is 17.3 Å². The Morgan fingerprint density at radius 1 is 1.29 bits per heavy atom. The fraction of sp³-hybridized carbons (Fsp3) is 0.640. The molecule has 6 nitrogen and oxygen atoms in total. The van der Waals surface area contributed by atoms with Crippen LogP contribution in [0.1, 0.15) is 73.6 Å². The lowest BCUT2D eigenvalue weighted by Crippen LogP contribution is -2.36. The first-order chi connectivity index (χ1) is 14.3. The highest BCUT2D eigenvalue weighted by Gasteiger charge is 2.43. The molecule has 0 bridgehead atoms. The van der Waals surface area contributed by atoms with E-state index in [1.54, 1.807) is 39.8 Å². The van der Waals surface area contributed by atoms with Crippen LogP contribution in [0.25, 0.3) is 0 Å². The van der Waals surface area contributed by atoms with Crippen molar-refractivity contribution in [2.45, 2.75) is 79.2 Å². The van der Waals surface area contributed by atoms with E-state index in [1.807, 2.05) is 6.92 Å². The van der Waals surface area contributed by atoms with Crippen LogP contribution in [0.5, 0.6) is 0 Å². The molecular formula is C25H38O6. The zero-order chi connectivity index (χ0) is 23.8. The van der Waals surface area contributed by atoms with Gasteiger partial charge in [-0.3, -0.25) is 4.79 Å². The molecule has 0 unspecified atom stereocenters. The van der Waals surface area contributed by atoms with Crippen molar-refractivity contribution in [3.63, 3.8) is 0 Å². The van der Waals surface area contributed by atoms with Crippen LogP contribution in [0, 0.1) is 17.3 Å². The lowest BCUT2D eigenvalue weighted by Gasteiger charge is -2.38. The van der Waals surface area contributed by atoms with E-state index in [0.29, 0.717) is 24.8 Å². The zero-order valence-corrected chi connectivity index (χ0v) is 19.7. The van der Waals surface area contributed by atoms with Crippen LogP contribution in [0.4, 0.5) is 0 Å². The summed E-state index contributed by atoms with van der Waals surface area (Å²) in [6.45, 7) is 10.2.